The summed E-state index contributed by atoms with van der Waals surface area (Å²) in [6, 6.07) is 0. The van der Waals surface area contributed by atoms with Gasteiger partial charge in [0.05, 0.1) is 0 Å². The van der Waals surface area contributed by atoms with Gasteiger partial charge < -0.3 is 0 Å². The summed E-state index contributed by atoms with van der Waals surface area (Å²) in [5, 5.41) is 0. The van der Waals surface area contributed by atoms with Crippen LogP contribution in [0.25, 0.3) is 0 Å². The van der Waals surface area contributed by atoms with E-state index < -0.39 is 0 Å². The molecule has 2 aliphatic carbocycles. The predicted molar refractivity (Wildman–Crippen MR) is 89.8 cm³/mol. The van der Waals surface area contributed by atoms with Crippen LogP contribution in [-0.4, -0.2) is 0 Å². The van der Waals surface area contributed by atoms with Gasteiger partial charge in [0, 0.05) is 0 Å². The molecule has 0 heteroatoms. The summed E-state index contributed by atoms with van der Waals surface area (Å²) in [4.78, 5) is 0. The van der Waals surface area contributed by atoms with Gasteiger partial charge in [-0.25, -0.2) is 0 Å². The molecule has 0 aromatic rings. The van der Waals surface area contributed by atoms with E-state index in [2.05, 4.69) is 27.7 Å². The minimum absolute atomic E-state index is 0.916. The van der Waals surface area contributed by atoms with Crippen LogP contribution in [0.5, 0.6) is 0 Å². The predicted octanol–water partition coefficient (Wildman–Crippen LogP) is 6.69. The lowest BCUT2D eigenvalue weighted by Gasteiger charge is -2.34. The molecule has 0 saturated heterocycles. The Morgan fingerprint density at radius 2 is 1.30 bits per heavy atom. The first-order valence-electron chi connectivity index (χ1n) is 9.56. The van der Waals surface area contributed by atoms with Crippen molar-refractivity contribution < 1.29 is 0 Å². The summed E-state index contributed by atoms with van der Waals surface area (Å²) in [6.07, 6.45) is 15.1. The summed E-state index contributed by atoms with van der Waals surface area (Å²) < 4.78 is 0. The number of rotatable bonds is 5. The second-order valence-corrected chi connectivity index (χ2v) is 8.60. The molecule has 0 aromatic carbocycles. The van der Waals surface area contributed by atoms with E-state index in [9.17, 15) is 0 Å². The zero-order valence-electron chi connectivity index (χ0n) is 14.5. The summed E-state index contributed by atoms with van der Waals surface area (Å²) >= 11 is 0. The first-order chi connectivity index (χ1) is 9.56. The van der Waals surface area contributed by atoms with Crippen molar-refractivity contribution in [3.8, 4) is 0 Å². The van der Waals surface area contributed by atoms with E-state index in [1.54, 1.807) is 0 Å². The van der Waals surface area contributed by atoms with Gasteiger partial charge in [-0.3, -0.25) is 0 Å². The van der Waals surface area contributed by atoms with Crippen molar-refractivity contribution >= 4 is 0 Å². The third-order valence-corrected chi connectivity index (χ3v) is 6.73. The van der Waals surface area contributed by atoms with Crippen LogP contribution in [0.1, 0.15) is 91.9 Å². The number of hydrogen-bond acceptors (Lipinski definition) is 0. The van der Waals surface area contributed by atoms with Crippen LogP contribution in [0.2, 0.25) is 0 Å². The van der Waals surface area contributed by atoms with Crippen LogP contribution in [0.3, 0.4) is 0 Å². The topological polar surface area (TPSA) is 0 Å². The van der Waals surface area contributed by atoms with Gasteiger partial charge in [0.25, 0.3) is 0 Å². The maximum atomic E-state index is 2.54. The van der Waals surface area contributed by atoms with Crippen molar-refractivity contribution in [1.82, 2.24) is 0 Å². The molecule has 0 spiro atoms. The Labute approximate surface area is 128 Å². The van der Waals surface area contributed by atoms with E-state index in [0.29, 0.717) is 0 Å². The Kier molecular flexibility index (Phi) is 6.43. The quantitative estimate of drug-likeness (QED) is 0.525. The minimum atomic E-state index is 0.916. The minimum Gasteiger partial charge on any atom is -0.0625 e. The zero-order chi connectivity index (χ0) is 14.5. The SMILES string of the molecule is CC1CCC(C(C)CCC2CCC(C(C)C)CC2)CC1. The molecule has 0 N–H and O–H groups in total. The highest BCUT2D eigenvalue weighted by molar-refractivity contribution is 4.78. The van der Waals surface area contributed by atoms with E-state index >= 15 is 0 Å². The van der Waals surface area contributed by atoms with Crippen LogP contribution < -0.4 is 0 Å². The van der Waals surface area contributed by atoms with Gasteiger partial charge >= 0.3 is 0 Å². The first-order valence-corrected chi connectivity index (χ1v) is 9.56. The average Bonchev–Trinajstić information content (AvgIpc) is 2.46. The van der Waals surface area contributed by atoms with Gasteiger partial charge in [0.15, 0.2) is 0 Å². The Morgan fingerprint density at radius 3 is 1.85 bits per heavy atom. The lowest BCUT2D eigenvalue weighted by atomic mass is 9.72. The van der Waals surface area contributed by atoms with Gasteiger partial charge in [-0.1, -0.05) is 66.2 Å². The smallest absolute Gasteiger partial charge is 0.0388 e. The van der Waals surface area contributed by atoms with Gasteiger partial charge in [0.1, 0.15) is 0 Å². The molecule has 118 valence electrons. The second-order valence-electron chi connectivity index (χ2n) is 8.60. The molecule has 0 nitrogen and oxygen atoms in total. The molecule has 2 aliphatic rings. The molecule has 0 aliphatic heterocycles. The normalized spacial score (nSPS) is 37.0. The largest absolute Gasteiger partial charge is 0.0625 e. The fraction of sp³-hybridized carbons (Fsp3) is 1.00. The highest BCUT2D eigenvalue weighted by atomic mass is 14.3. The lowest BCUT2D eigenvalue weighted by molar-refractivity contribution is 0.181. The molecule has 0 heterocycles. The van der Waals surface area contributed by atoms with Gasteiger partial charge in [-0.05, 0) is 61.2 Å². The van der Waals surface area contributed by atoms with Crippen molar-refractivity contribution in [2.45, 2.75) is 91.9 Å². The first kappa shape index (κ1) is 16.4. The summed E-state index contributed by atoms with van der Waals surface area (Å²) in [7, 11) is 0. The van der Waals surface area contributed by atoms with Gasteiger partial charge in [-0.15, -0.1) is 0 Å². The third kappa shape index (κ3) is 4.78. The number of hydrogen-bond donors (Lipinski definition) is 0. The van der Waals surface area contributed by atoms with E-state index in [4.69, 9.17) is 0 Å². The van der Waals surface area contributed by atoms with E-state index in [1.807, 2.05) is 0 Å². The standard InChI is InChI=1S/C20H38/c1-15(2)19-13-9-18(10-14-19)8-7-17(4)20-11-5-16(3)6-12-20/h15-20H,5-14H2,1-4H3. The Hall–Kier alpha value is 0. The molecule has 2 saturated carbocycles. The molecule has 0 bridgehead atoms. The highest BCUT2D eigenvalue weighted by Gasteiger charge is 2.26. The van der Waals surface area contributed by atoms with Crippen LogP contribution in [0.4, 0.5) is 0 Å². The van der Waals surface area contributed by atoms with Crippen molar-refractivity contribution in [2.75, 3.05) is 0 Å². The van der Waals surface area contributed by atoms with E-state index in [1.165, 1.54) is 64.2 Å². The molecule has 0 amide bonds. The molecule has 0 aromatic heterocycles. The molecule has 1 unspecified atom stereocenters. The van der Waals surface area contributed by atoms with Crippen molar-refractivity contribution in [2.24, 2.45) is 35.5 Å². The molecule has 2 fully saturated rings. The van der Waals surface area contributed by atoms with Crippen LogP contribution >= 0.6 is 0 Å². The fourth-order valence-corrected chi connectivity index (χ4v) is 4.73. The fourth-order valence-electron chi connectivity index (χ4n) is 4.73. The van der Waals surface area contributed by atoms with Crippen molar-refractivity contribution in [3.05, 3.63) is 0 Å². The van der Waals surface area contributed by atoms with Gasteiger partial charge in [-0.2, -0.15) is 0 Å². The Bertz CT molecular complexity index is 251. The molecule has 2 rings (SSSR count). The Balaban J connectivity index is 1.63. The highest BCUT2D eigenvalue weighted by Crippen LogP contribution is 2.39. The maximum Gasteiger partial charge on any atom is -0.0388 e. The van der Waals surface area contributed by atoms with E-state index in [0.717, 1.165) is 35.5 Å². The molecular formula is C20H38. The van der Waals surface area contributed by atoms with Crippen molar-refractivity contribution in [3.63, 3.8) is 0 Å². The zero-order valence-corrected chi connectivity index (χ0v) is 14.5. The third-order valence-electron chi connectivity index (χ3n) is 6.73. The summed E-state index contributed by atoms with van der Waals surface area (Å²) in [5.74, 6) is 6.06. The van der Waals surface area contributed by atoms with E-state index in [-0.39, 0.29) is 0 Å². The molecule has 20 heavy (non-hydrogen) atoms. The van der Waals surface area contributed by atoms with Gasteiger partial charge in [0.2, 0.25) is 0 Å². The molecule has 1 atom stereocenters. The molecule has 0 radical (unpaired) electrons. The van der Waals surface area contributed by atoms with Crippen molar-refractivity contribution in [1.29, 1.82) is 0 Å². The maximum absolute atomic E-state index is 2.54. The average molecular weight is 279 g/mol. The molecular weight excluding hydrogens is 240 g/mol. The van der Waals surface area contributed by atoms with Crippen LogP contribution in [-0.2, 0) is 0 Å². The Morgan fingerprint density at radius 1 is 0.750 bits per heavy atom. The lowest BCUT2D eigenvalue weighted by Crippen LogP contribution is -2.21. The summed E-state index contributed by atoms with van der Waals surface area (Å²) in [6.45, 7) is 9.81. The van der Waals surface area contributed by atoms with Crippen LogP contribution in [0.15, 0.2) is 0 Å². The van der Waals surface area contributed by atoms with Crippen LogP contribution in [0, 0.1) is 35.5 Å². The summed E-state index contributed by atoms with van der Waals surface area (Å²) in [5.41, 5.74) is 0. The monoisotopic (exact) mass is 278 g/mol. The second kappa shape index (κ2) is 7.85.